The molecule has 0 radical (unpaired) electrons. The van der Waals surface area contributed by atoms with E-state index in [9.17, 15) is 5.11 Å². The van der Waals surface area contributed by atoms with Crippen molar-refractivity contribution >= 4 is 11.4 Å². The molecule has 1 aromatic rings. The van der Waals surface area contributed by atoms with Gasteiger partial charge in [-0.05, 0) is 38.5 Å². The zero-order chi connectivity index (χ0) is 10.8. The minimum atomic E-state index is -0.711. The molecule has 0 unspecified atom stereocenters. The van der Waals surface area contributed by atoms with E-state index in [2.05, 4.69) is 5.32 Å². The van der Waals surface area contributed by atoms with E-state index in [-0.39, 0.29) is 0 Å². The average molecular weight is 194 g/mol. The number of nitrogen functional groups attached to an aromatic ring is 1. The molecule has 1 rings (SSSR count). The Morgan fingerprint density at radius 1 is 1.43 bits per heavy atom. The van der Waals surface area contributed by atoms with Gasteiger partial charge in [0.15, 0.2) is 0 Å². The van der Waals surface area contributed by atoms with E-state index in [0.29, 0.717) is 6.54 Å². The first-order valence-corrected chi connectivity index (χ1v) is 4.71. The van der Waals surface area contributed by atoms with Gasteiger partial charge in [0.1, 0.15) is 0 Å². The summed E-state index contributed by atoms with van der Waals surface area (Å²) in [7, 11) is 0. The van der Waals surface area contributed by atoms with Crippen molar-refractivity contribution in [2.24, 2.45) is 0 Å². The van der Waals surface area contributed by atoms with Crippen LogP contribution < -0.4 is 11.1 Å². The Labute approximate surface area is 84.9 Å². The van der Waals surface area contributed by atoms with E-state index >= 15 is 0 Å². The Balaban J connectivity index is 2.72. The SMILES string of the molecule is Cc1ccc(N)cc1NCC(C)(C)O. The summed E-state index contributed by atoms with van der Waals surface area (Å²) in [6.45, 7) is 6.05. The lowest BCUT2D eigenvalue weighted by Gasteiger charge is -2.19. The molecule has 0 aliphatic rings. The van der Waals surface area contributed by atoms with Crippen molar-refractivity contribution in [2.45, 2.75) is 26.4 Å². The molecule has 0 saturated carbocycles. The summed E-state index contributed by atoms with van der Waals surface area (Å²) < 4.78 is 0. The summed E-state index contributed by atoms with van der Waals surface area (Å²) in [6, 6.07) is 5.70. The molecule has 0 aliphatic heterocycles. The first-order chi connectivity index (χ1) is 6.38. The molecule has 4 N–H and O–H groups in total. The largest absolute Gasteiger partial charge is 0.399 e. The van der Waals surface area contributed by atoms with Gasteiger partial charge in [0, 0.05) is 17.9 Å². The summed E-state index contributed by atoms with van der Waals surface area (Å²) in [5, 5.41) is 12.7. The highest BCUT2D eigenvalue weighted by atomic mass is 16.3. The minimum absolute atomic E-state index is 0.511. The van der Waals surface area contributed by atoms with Crippen LogP contribution in [0.25, 0.3) is 0 Å². The van der Waals surface area contributed by atoms with Crippen LogP contribution in [0.15, 0.2) is 18.2 Å². The first kappa shape index (κ1) is 10.9. The van der Waals surface area contributed by atoms with Crippen LogP contribution in [0.2, 0.25) is 0 Å². The summed E-state index contributed by atoms with van der Waals surface area (Å²) >= 11 is 0. The molecule has 1 aromatic carbocycles. The van der Waals surface area contributed by atoms with E-state index in [1.807, 2.05) is 25.1 Å². The number of benzene rings is 1. The molecule has 0 fully saturated rings. The fraction of sp³-hybridized carbons (Fsp3) is 0.455. The topological polar surface area (TPSA) is 58.3 Å². The molecule has 14 heavy (non-hydrogen) atoms. The molecule has 3 nitrogen and oxygen atoms in total. The second-order valence-corrected chi connectivity index (χ2v) is 4.24. The van der Waals surface area contributed by atoms with Crippen LogP contribution in [0.5, 0.6) is 0 Å². The van der Waals surface area contributed by atoms with Crippen molar-refractivity contribution in [3.63, 3.8) is 0 Å². The number of aryl methyl sites for hydroxylation is 1. The molecular weight excluding hydrogens is 176 g/mol. The van der Waals surface area contributed by atoms with Crippen LogP contribution in [0.1, 0.15) is 19.4 Å². The number of aliphatic hydroxyl groups is 1. The van der Waals surface area contributed by atoms with Crippen LogP contribution in [-0.2, 0) is 0 Å². The van der Waals surface area contributed by atoms with Crippen LogP contribution in [-0.4, -0.2) is 17.3 Å². The van der Waals surface area contributed by atoms with Crippen LogP contribution in [0, 0.1) is 6.92 Å². The Morgan fingerprint density at radius 2 is 2.07 bits per heavy atom. The number of nitrogens with one attached hydrogen (secondary N) is 1. The van der Waals surface area contributed by atoms with Gasteiger partial charge in [-0.1, -0.05) is 6.07 Å². The van der Waals surface area contributed by atoms with Crippen molar-refractivity contribution in [1.29, 1.82) is 0 Å². The quantitative estimate of drug-likeness (QED) is 0.643. The van der Waals surface area contributed by atoms with E-state index in [0.717, 1.165) is 16.9 Å². The smallest absolute Gasteiger partial charge is 0.0763 e. The molecule has 3 heteroatoms. The Kier molecular flexibility index (Phi) is 3.01. The van der Waals surface area contributed by atoms with Crippen molar-refractivity contribution < 1.29 is 5.11 Å². The van der Waals surface area contributed by atoms with E-state index in [1.165, 1.54) is 0 Å². The fourth-order valence-corrected chi connectivity index (χ4v) is 1.14. The predicted molar refractivity (Wildman–Crippen MR) is 60.4 cm³/mol. The molecule has 0 saturated heterocycles. The van der Waals surface area contributed by atoms with Crippen molar-refractivity contribution in [3.8, 4) is 0 Å². The van der Waals surface area contributed by atoms with Crippen molar-refractivity contribution in [1.82, 2.24) is 0 Å². The van der Waals surface area contributed by atoms with Crippen LogP contribution in [0.3, 0.4) is 0 Å². The molecule has 0 spiro atoms. The van der Waals surface area contributed by atoms with Crippen molar-refractivity contribution in [2.75, 3.05) is 17.6 Å². The van der Waals surface area contributed by atoms with Gasteiger partial charge in [0.05, 0.1) is 5.60 Å². The Morgan fingerprint density at radius 3 is 2.64 bits per heavy atom. The van der Waals surface area contributed by atoms with Crippen LogP contribution >= 0.6 is 0 Å². The highest BCUT2D eigenvalue weighted by Gasteiger charge is 2.12. The van der Waals surface area contributed by atoms with Gasteiger partial charge in [-0.2, -0.15) is 0 Å². The molecule has 78 valence electrons. The lowest BCUT2D eigenvalue weighted by atomic mass is 10.1. The number of nitrogens with two attached hydrogens (primary N) is 1. The third kappa shape index (κ3) is 3.26. The summed E-state index contributed by atoms with van der Waals surface area (Å²) in [5.41, 5.74) is 7.79. The summed E-state index contributed by atoms with van der Waals surface area (Å²) in [5.74, 6) is 0. The normalized spacial score (nSPS) is 11.4. The third-order valence-electron chi connectivity index (χ3n) is 1.97. The highest BCUT2D eigenvalue weighted by molar-refractivity contribution is 5.59. The monoisotopic (exact) mass is 194 g/mol. The third-order valence-corrected chi connectivity index (χ3v) is 1.97. The van der Waals surface area contributed by atoms with E-state index in [1.54, 1.807) is 13.8 Å². The zero-order valence-corrected chi connectivity index (χ0v) is 8.96. The first-order valence-electron chi connectivity index (χ1n) is 4.71. The van der Waals surface area contributed by atoms with Gasteiger partial charge < -0.3 is 16.2 Å². The lowest BCUT2D eigenvalue weighted by molar-refractivity contribution is 0.0945. The minimum Gasteiger partial charge on any atom is -0.399 e. The highest BCUT2D eigenvalue weighted by Crippen LogP contribution is 2.18. The van der Waals surface area contributed by atoms with Gasteiger partial charge in [0.25, 0.3) is 0 Å². The molecule has 0 aromatic heterocycles. The number of hydrogen-bond donors (Lipinski definition) is 3. The second-order valence-electron chi connectivity index (χ2n) is 4.24. The Bertz CT molecular complexity index is 316. The van der Waals surface area contributed by atoms with Gasteiger partial charge in [-0.15, -0.1) is 0 Å². The predicted octanol–water partition coefficient (Wildman–Crippen LogP) is 1.76. The molecule has 0 bridgehead atoms. The summed E-state index contributed by atoms with van der Waals surface area (Å²) in [6.07, 6.45) is 0. The lowest BCUT2D eigenvalue weighted by Crippen LogP contribution is -2.29. The van der Waals surface area contributed by atoms with Gasteiger partial charge in [0.2, 0.25) is 0 Å². The maximum absolute atomic E-state index is 9.55. The van der Waals surface area contributed by atoms with Gasteiger partial charge in [-0.3, -0.25) is 0 Å². The molecule has 0 atom stereocenters. The maximum atomic E-state index is 9.55. The average Bonchev–Trinajstić information content (AvgIpc) is 2.05. The number of hydrogen-bond acceptors (Lipinski definition) is 3. The standard InChI is InChI=1S/C11H18N2O/c1-8-4-5-9(12)6-10(8)13-7-11(2,3)14/h4-6,13-14H,7,12H2,1-3H3. The Hall–Kier alpha value is -1.22. The number of anilines is 2. The fourth-order valence-electron chi connectivity index (χ4n) is 1.14. The molecule has 0 amide bonds. The number of rotatable bonds is 3. The zero-order valence-electron chi connectivity index (χ0n) is 8.96. The van der Waals surface area contributed by atoms with Crippen molar-refractivity contribution in [3.05, 3.63) is 23.8 Å². The van der Waals surface area contributed by atoms with Gasteiger partial charge >= 0.3 is 0 Å². The van der Waals surface area contributed by atoms with E-state index < -0.39 is 5.60 Å². The molecule has 0 aliphatic carbocycles. The molecule has 0 heterocycles. The second kappa shape index (κ2) is 3.88. The van der Waals surface area contributed by atoms with E-state index in [4.69, 9.17) is 5.73 Å². The van der Waals surface area contributed by atoms with Gasteiger partial charge in [-0.25, -0.2) is 0 Å². The van der Waals surface area contributed by atoms with Crippen LogP contribution in [0.4, 0.5) is 11.4 Å². The summed E-state index contributed by atoms with van der Waals surface area (Å²) in [4.78, 5) is 0. The maximum Gasteiger partial charge on any atom is 0.0763 e. The molecular formula is C11H18N2O.